The van der Waals surface area contributed by atoms with E-state index in [9.17, 15) is 19.5 Å². The molecule has 2 N–H and O–H groups in total. The summed E-state index contributed by atoms with van der Waals surface area (Å²) in [5.41, 5.74) is 3.24. The number of nitrogens with zero attached hydrogens (tertiary/aromatic N) is 2. The number of alkyl halides is 1. The fourth-order valence-corrected chi connectivity index (χ4v) is 5.78. The van der Waals surface area contributed by atoms with E-state index in [1.807, 2.05) is 48.7 Å². The van der Waals surface area contributed by atoms with Gasteiger partial charge in [0.1, 0.15) is 12.2 Å². The van der Waals surface area contributed by atoms with Crippen molar-refractivity contribution in [3.05, 3.63) is 53.0 Å². The number of amides is 2. The van der Waals surface area contributed by atoms with Crippen molar-refractivity contribution in [2.24, 2.45) is 5.92 Å². The quantitative estimate of drug-likeness (QED) is 0.388. The van der Waals surface area contributed by atoms with Gasteiger partial charge < -0.3 is 19.9 Å². The van der Waals surface area contributed by atoms with Crippen molar-refractivity contribution in [2.75, 3.05) is 11.4 Å². The summed E-state index contributed by atoms with van der Waals surface area (Å²) in [6.07, 6.45) is 2.41. The number of likely N-dealkylation sites (N-methyl/N-ethyl adjacent to an activating group) is 1. The molecular weight excluding hydrogens is 518 g/mol. The highest BCUT2D eigenvalue weighted by Gasteiger charge is 2.28. The number of hydrogen-bond donors (Lipinski definition) is 2. The molecule has 1 aromatic carbocycles. The number of carbonyl (C=O) groups is 3. The number of benzene rings is 1. The first-order valence-electron chi connectivity index (χ1n) is 11.5. The Morgan fingerprint density at radius 2 is 1.94 bits per heavy atom. The van der Waals surface area contributed by atoms with Gasteiger partial charge >= 0.3 is 5.97 Å². The van der Waals surface area contributed by atoms with Crippen LogP contribution in [0.3, 0.4) is 0 Å². The summed E-state index contributed by atoms with van der Waals surface area (Å²) in [4.78, 5) is 39.5. The number of nitrogens with one attached hydrogen (secondary N) is 1. The van der Waals surface area contributed by atoms with E-state index in [0.29, 0.717) is 43.3 Å². The van der Waals surface area contributed by atoms with Gasteiger partial charge in [-0.25, -0.2) is 0 Å². The minimum Gasteiger partial charge on any atom is -0.481 e. The average Bonchev–Trinajstić information content (AvgIpc) is 3.43. The highest BCUT2D eigenvalue weighted by molar-refractivity contribution is 9.08. The summed E-state index contributed by atoms with van der Waals surface area (Å²) in [5.74, 6) is -1.41. The third-order valence-corrected chi connectivity index (χ3v) is 7.95. The Morgan fingerprint density at radius 3 is 2.62 bits per heavy atom. The molecule has 1 aliphatic carbocycles. The summed E-state index contributed by atoms with van der Waals surface area (Å²) in [6, 6.07) is 11.6. The molecule has 0 spiro atoms. The maximum Gasteiger partial charge on any atom is 0.306 e. The van der Waals surface area contributed by atoms with Gasteiger partial charge in [0.05, 0.1) is 16.1 Å². The predicted octanol–water partition coefficient (Wildman–Crippen LogP) is 5.02. The Labute approximate surface area is 210 Å². The highest BCUT2D eigenvalue weighted by atomic mass is 79.9. The van der Waals surface area contributed by atoms with Gasteiger partial charge in [-0.1, -0.05) is 28.1 Å². The minimum atomic E-state index is -0.764. The second-order valence-electron chi connectivity index (χ2n) is 8.59. The Morgan fingerprint density at radius 1 is 1.18 bits per heavy atom. The summed E-state index contributed by atoms with van der Waals surface area (Å²) >= 11 is 5.00. The molecule has 1 aliphatic rings. The average molecular weight is 546 g/mol. The summed E-state index contributed by atoms with van der Waals surface area (Å²) in [5, 5.41) is 14.9. The third-order valence-electron chi connectivity index (χ3n) is 6.45. The maximum atomic E-state index is 13.4. The van der Waals surface area contributed by atoms with Gasteiger partial charge in [-0.2, -0.15) is 0 Å². The Bertz CT molecular complexity index is 1200. The predicted molar refractivity (Wildman–Crippen MR) is 138 cm³/mol. The molecule has 3 aromatic rings. The molecule has 9 heteroatoms. The van der Waals surface area contributed by atoms with Gasteiger partial charge in [-0.3, -0.25) is 14.4 Å². The summed E-state index contributed by atoms with van der Waals surface area (Å²) in [6.45, 7) is 2.52. The van der Waals surface area contributed by atoms with Gasteiger partial charge in [0.2, 0.25) is 5.91 Å². The number of carbonyl (C=O) groups excluding carboxylic acids is 2. The smallest absolute Gasteiger partial charge is 0.306 e. The van der Waals surface area contributed by atoms with Crippen LogP contribution in [0.4, 0.5) is 5.69 Å². The number of thiophene rings is 1. The lowest BCUT2D eigenvalue weighted by atomic mass is 9.86. The van der Waals surface area contributed by atoms with Crippen molar-refractivity contribution in [1.82, 2.24) is 9.88 Å². The van der Waals surface area contributed by atoms with Crippen LogP contribution in [-0.4, -0.2) is 40.0 Å². The molecule has 0 saturated heterocycles. The van der Waals surface area contributed by atoms with Crippen molar-refractivity contribution in [3.8, 4) is 0 Å². The molecule has 0 aliphatic heterocycles. The lowest BCUT2D eigenvalue weighted by molar-refractivity contribution is -0.142. The molecule has 0 bridgehead atoms. The number of carboxylic acids is 1. The number of hydrogen-bond acceptors (Lipinski definition) is 4. The Hall–Kier alpha value is -2.65. The van der Waals surface area contributed by atoms with Crippen LogP contribution in [-0.2, 0) is 21.5 Å². The first kappa shape index (κ1) is 24.5. The van der Waals surface area contributed by atoms with Gasteiger partial charge in [0.25, 0.3) is 5.91 Å². The molecule has 1 saturated carbocycles. The van der Waals surface area contributed by atoms with Gasteiger partial charge in [-0.15, -0.1) is 11.3 Å². The van der Waals surface area contributed by atoms with Crippen molar-refractivity contribution >= 4 is 61.0 Å². The lowest BCUT2D eigenvalue weighted by Gasteiger charge is -2.27. The number of anilines is 1. The molecule has 34 heavy (non-hydrogen) atoms. The second-order valence-corrected chi connectivity index (χ2v) is 10.1. The van der Waals surface area contributed by atoms with Crippen LogP contribution in [0.1, 0.15) is 48.7 Å². The molecule has 2 aromatic heterocycles. The second kappa shape index (κ2) is 10.7. The normalized spacial score (nSPS) is 18.1. The van der Waals surface area contributed by atoms with Crippen LogP contribution in [0.2, 0.25) is 0 Å². The zero-order chi connectivity index (χ0) is 24.2. The highest BCUT2D eigenvalue weighted by Crippen LogP contribution is 2.28. The van der Waals surface area contributed by atoms with Crippen molar-refractivity contribution in [3.63, 3.8) is 0 Å². The van der Waals surface area contributed by atoms with Crippen LogP contribution >= 0.6 is 27.3 Å². The zero-order valence-electron chi connectivity index (χ0n) is 19.0. The van der Waals surface area contributed by atoms with Crippen LogP contribution in [0, 0.1) is 5.92 Å². The fraction of sp³-hybridized carbons (Fsp3) is 0.400. The lowest BCUT2D eigenvalue weighted by Crippen LogP contribution is -2.40. The molecule has 1 fully saturated rings. The SMILES string of the molecule is CCN(C(=O)Cn1c(C(=O)N[C@H]2CC[C@H](C(=O)O)CC2)cc2sccc21)c1cccc(CBr)c1. The third kappa shape index (κ3) is 5.20. The van der Waals surface area contributed by atoms with E-state index in [1.165, 1.54) is 11.3 Å². The Kier molecular flexibility index (Phi) is 7.73. The summed E-state index contributed by atoms with van der Waals surface area (Å²) < 4.78 is 2.75. The van der Waals surface area contributed by atoms with E-state index < -0.39 is 5.97 Å². The first-order valence-corrected chi connectivity index (χ1v) is 13.5. The van der Waals surface area contributed by atoms with Crippen LogP contribution in [0.25, 0.3) is 10.2 Å². The maximum absolute atomic E-state index is 13.4. The van der Waals surface area contributed by atoms with E-state index >= 15 is 0 Å². The van der Waals surface area contributed by atoms with E-state index in [0.717, 1.165) is 21.5 Å². The first-order chi connectivity index (χ1) is 16.4. The number of aliphatic carboxylic acids is 1. The number of carboxylic acid groups (broad SMARTS) is 1. The standard InChI is InChI=1S/C25H28BrN3O4S/c1-2-28(19-5-3-4-16(12-19)14-26)23(30)15-29-20-10-11-34-22(20)13-21(29)24(31)27-18-8-6-17(7-9-18)25(32)33/h3-5,10-13,17-18H,2,6-9,14-15H2,1H3,(H,27,31)(H,32,33)/t17-,18-. The minimum absolute atomic E-state index is 0.0562. The molecule has 0 radical (unpaired) electrons. The van der Waals surface area contributed by atoms with E-state index in [-0.39, 0.29) is 30.3 Å². The molecule has 0 atom stereocenters. The summed E-state index contributed by atoms with van der Waals surface area (Å²) in [7, 11) is 0. The molecule has 0 unspecified atom stereocenters. The number of fused-ring (bicyclic) bond motifs is 1. The molecule has 2 amide bonds. The van der Waals surface area contributed by atoms with Crippen LogP contribution < -0.4 is 10.2 Å². The van der Waals surface area contributed by atoms with Gasteiger partial charge in [-0.05, 0) is 67.8 Å². The monoisotopic (exact) mass is 545 g/mol. The molecule has 7 nitrogen and oxygen atoms in total. The van der Waals surface area contributed by atoms with E-state index in [2.05, 4.69) is 21.2 Å². The van der Waals surface area contributed by atoms with Gasteiger partial charge in [0.15, 0.2) is 0 Å². The largest absolute Gasteiger partial charge is 0.481 e. The van der Waals surface area contributed by atoms with Crippen molar-refractivity contribution < 1.29 is 19.5 Å². The molecule has 180 valence electrons. The van der Waals surface area contributed by atoms with Crippen molar-refractivity contribution in [1.29, 1.82) is 0 Å². The number of aromatic nitrogens is 1. The molecule has 4 rings (SSSR count). The Balaban J connectivity index is 1.53. The van der Waals surface area contributed by atoms with E-state index in [1.54, 1.807) is 9.47 Å². The fourth-order valence-electron chi connectivity index (χ4n) is 4.61. The topological polar surface area (TPSA) is 91.6 Å². The molecule has 2 heterocycles. The van der Waals surface area contributed by atoms with Crippen LogP contribution in [0.5, 0.6) is 0 Å². The zero-order valence-corrected chi connectivity index (χ0v) is 21.4. The number of rotatable bonds is 8. The molecular formula is C25H28BrN3O4S. The number of halogens is 1. The van der Waals surface area contributed by atoms with Gasteiger partial charge in [0, 0.05) is 23.6 Å². The van der Waals surface area contributed by atoms with Crippen LogP contribution in [0.15, 0.2) is 41.8 Å². The van der Waals surface area contributed by atoms with Crippen molar-refractivity contribution in [2.45, 2.75) is 50.5 Å². The van der Waals surface area contributed by atoms with E-state index in [4.69, 9.17) is 0 Å².